The van der Waals surface area contributed by atoms with Crippen LogP contribution in [0.5, 0.6) is 0 Å². The number of imide groups is 1. The van der Waals surface area contributed by atoms with E-state index in [4.69, 9.17) is 0 Å². The number of carbonyl (C=O) groups is 3. The van der Waals surface area contributed by atoms with Gasteiger partial charge in [-0.2, -0.15) is 13.2 Å². The molecule has 10 heteroatoms. The van der Waals surface area contributed by atoms with Gasteiger partial charge in [-0.1, -0.05) is 24.3 Å². The van der Waals surface area contributed by atoms with E-state index in [2.05, 4.69) is 5.32 Å². The number of nitrogens with one attached hydrogen (secondary N) is 1. The van der Waals surface area contributed by atoms with Crippen LogP contribution in [0.1, 0.15) is 17.5 Å². The molecule has 1 aliphatic heterocycles. The van der Waals surface area contributed by atoms with Gasteiger partial charge in [-0.15, -0.1) is 0 Å². The molecule has 1 heterocycles. The van der Waals surface area contributed by atoms with Gasteiger partial charge in [0.25, 0.3) is 5.91 Å². The zero-order valence-corrected chi connectivity index (χ0v) is 16.3. The van der Waals surface area contributed by atoms with Crippen LogP contribution in [0.25, 0.3) is 0 Å². The molecule has 158 valence electrons. The minimum Gasteiger partial charge on any atom is -0.348 e. The highest BCUT2D eigenvalue weighted by molar-refractivity contribution is 6.07. The summed E-state index contributed by atoms with van der Waals surface area (Å²) in [5, 5.41) is 2.69. The second-order valence-corrected chi connectivity index (χ2v) is 7.72. The number of urea groups is 1. The van der Waals surface area contributed by atoms with Crippen molar-refractivity contribution in [3.05, 3.63) is 35.4 Å². The summed E-state index contributed by atoms with van der Waals surface area (Å²) >= 11 is 0. The highest BCUT2D eigenvalue weighted by Gasteiger charge is 2.52. The normalized spacial score (nSPS) is 21.5. The van der Waals surface area contributed by atoms with Crippen molar-refractivity contribution in [1.82, 2.24) is 20.0 Å². The number of alkyl halides is 3. The zero-order chi connectivity index (χ0) is 21.4. The third-order valence-electron chi connectivity index (χ3n) is 5.28. The summed E-state index contributed by atoms with van der Waals surface area (Å²) < 4.78 is 38.9. The topological polar surface area (TPSA) is 73.0 Å². The molecule has 2 aliphatic rings. The highest BCUT2D eigenvalue weighted by atomic mass is 19.4. The first-order valence-electron chi connectivity index (χ1n) is 9.21. The van der Waals surface area contributed by atoms with Gasteiger partial charge in [0, 0.05) is 20.5 Å². The summed E-state index contributed by atoms with van der Waals surface area (Å²) in [6.07, 6.45) is -3.32. The smallest absolute Gasteiger partial charge is 0.348 e. The summed E-state index contributed by atoms with van der Waals surface area (Å²) in [5.41, 5.74) is 0.874. The molecule has 1 spiro atoms. The van der Waals surface area contributed by atoms with Crippen LogP contribution in [0.3, 0.4) is 0 Å². The number of fused-ring (bicyclic) bond motifs is 1. The molecule has 1 aromatic carbocycles. The Balaban J connectivity index is 1.78. The minimum absolute atomic E-state index is 0.292. The van der Waals surface area contributed by atoms with Crippen molar-refractivity contribution in [2.24, 2.45) is 0 Å². The maximum Gasteiger partial charge on any atom is 0.401 e. The Morgan fingerprint density at radius 1 is 1.21 bits per heavy atom. The number of amides is 4. The monoisotopic (exact) mass is 412 g/mol. The summed E-state index contributed by atoms with van der Waals surface area (Å²) in [5.74, 6) is -1.11. The Labute approximate surface area is 166 Å². The maximum atomic E-state index is 13.1. The van der Waals surface area contributed by atoms with Gasteiger partial charge in [0.1, 0.15) is 5.54 Å². The van der Waals surface area contributed by atoms with Gasteiger partial charge in [0.05, 0.1) is 19.8 Å². The van der Waals surface area contributed by atoms with Crippen LogP contribution in [0.4, 0.5) is 18.0 Å². The number of benzene rings is 1. The largest absolute Gasteiger partial charge is 0.401 e. The SMILES string of the molecule is CN(C)C(=O)CN(CN1C(=O)NC2(CCc3ccccc3C2)C1=O)CC(F)(F)F. The molecule has 0 aromatic heterocycles. The van der Waals surface area contributed by atoms with E-state index >= 15 is 0 Å². The number of hydrogen-bond donors (Lipinski definition) is 1. The molecule has 1 N–H and O–H groups in total. The maximum absolute atomic E-state index is 13.1. The minimum atomic E-state index is -4.58. The van der Waals surface area contributed by atoms with Crippen molar-refractivity contribution in [1.29, 1.82) is 0 Å². The molecule has 1 aliphatic carbocycles. The van der Waals surface area contributed by atoms with Gasteiger partial charge in [0.2, 0.25) is 5.91 Å². The Kier molecular flexibility index (Phi) is 5.57. The van der Waals surface area contributed by atoms with Gasteiger partial charge in [-0.3, -0.25) is 14.5 Å². The number of likely N-dealkylation sites (N-methyl/N-ethyl adjacent to an activating group) is 1. The standard InChI is InChI=1S/C19H23F3N4O3/c1-24(2)15(27)10-25(11-19(20,21)22)12-26-16(28)18(23-17(26)29)8-7-13-5-3-4-6-14(13)9-18/h3-6H,7-12H2,1-2H3,(H,23,29). The number of carbonyl (C=O) groups excluding carboxylic acids is 3. The van der Waals surface area contributed by atoms with Gasteiger partial charge < -0.3 is 10.2 Å². The fraction of sp³-hybridized carbons (Fsp3) is 0.526. The second-order valence-electron chi connectivity index (χ2n) is 7.72. The van der Waals surface area contributed by atoms with E-state index in [1.165, 1.54) is 14.1 Å². The number of aryl methyl sites for hydroxylation is 1. The number of rotatable bonds is 5. The summed E-state index contributed by atoms with van der Waals surface area (Å²) in [6.45, 7) is -2.56. The Bertz CT molecular complexity index is 827. The average molecular weight is 412 g/mol. The quantitative estimate of drug-likeness (QED) is 0.742. The molecule has 1 aromatic rings. The molecule has 29 heavy (non-hydrogen) atoms. The molecular formula is C19H23F3N4O3. The molecule has 0 saturated carbocycles. The summed E-state index contributed by atoms with van der Waals surface area (Å²) in [7, 11) is 2.85. The van der Waals surface area contributed by atoms with Gasteiger partial charge in [0.15, 0.2) is 0 Å². The number of hydrogen-bond acceptors (Lipinski definition) is 4. The van der Waals surface area contributed by atoms with Crippen molar-refractivity contribution in [3.8, 4) is 0 Å². The molecule has 1 fully saturated rings. The van der Waals surface area contributed by atoms with Crippen LogP contribution < -0.4 is 5.32 Å². The van der Waals surface area contributed by atoms with Gasteiger partial charge in [-0.25, -0.2) is 9.69 Å². The van der Waals surface area contributed by atoms with Crippen molar-refractivity contribution in [2.45, 2.75) is 31.0 Å². The van der Waals surface area contributed by atoms with E-state index < -0.39 is 49.3 Å². The Morgan fingerprint density at radius 3 is 2.48 bits per heavy atom. The van der Waals surface area contributed by atoms with Crippen molar-refractivity contribution in [2.75, 3.05) is 33.9 Å². The molecular weight excluding hydrogens is 389 g/mol. The molecule has 0 bridgehead atoms. The molecule has 1 atom stereocenters. The van der Waals surface area contributed by atoms with Crippen LogP contribution in [0, 0.1) is 0 Å². The van der Waals surface area contributed by atoms with Crippen LogP contribution in [-0.2, 0) is 22.4 Å². The van der Waals surface area contributed by atoms with E-state index in [-0.39, 0.29) is 0 Å². The lowest BCUT2D eigenvalue weighted by atomic mass is 9.78. The molecule has 7 nitrogen and oxygen atoms in total. The molecule has 3 rings (SSSR count). The Morgan fingerprint density at radius 2 is 1.86 bits per heavy atom. The third-order valence-corrected chi connectivity index (χ3v) is 5.28. The summed E-state index contributed by atoms with van der Waals surface area (Å²) in [6, 6.07) is 6.84. The van der Waals surface area contributed by atoms with E-state index in [0.29, 0.717) is 19.3 Å². The van der Waals surface area contributed by atoms with Crippen molar-refractivity contribution >= 4 is 17.8 Å². The Hall–Kier alpha value is -2.62. The first kappa shape index (κ1) is 21.1. The predicted molar refractivity (Wildman–Crippen MR) is 97.8 cm³/mol. The first-order chi connectivity index (χ1) is 13.5. The van der Waals surface area contributed by atoms with Gasteiger partial charge >= 0.3 is 12.2 Å². The summed E-state index contributed by atoms with van der Waals surface area (Å²) in [4.78, 5) is 40.2. The molecule has 1 unspecified atom stereocenters. The molecule has 4 amide bonds. The second kappa shape index (κ2) is 7.66. The predicted octanol–water partition coefficient (Wildman–Crippen LogP) is 1.38. The highest BCUT2D eigenvalue weighted by Crippen LogP contribution is 2.33. The number of halogens is 3. The first-order valence-corrected chi connectivity index (χ1v) is 9.21. The van der Waals surface area contributed by atoms with Crippen molar-refractivity contribution < 1.29 is 27.6 Å². The third kappa shape index (κ3) is 4.52. The van der Waals surface area contributed by atoms with E-state index in [1.54, 1.807) is 0 Å². The van der Waals surface area contributed by atoms with E-state index in [9.17, 15) is 27.6 Å². The fourth-order valence-corrected chi connectivity index (χ4v) is 3.77. The van der Waals surface area contributed by atoms with Crippen LogP contribution >= 0.6 is 0 Å². The zero-order valence-electron chi connectivity index (χ0n) is 16.3. The molecule has 1 saturated heterocycles. The van der Waals surface area contributed by atoms with Crippen molar-refractivity contribution in [3.63, 3.8) is 0 Å². The lowest BCUT2D eigenvalue weighted by Gasteiger charge is -2.33. The van der Waals surface area contributed by atoms with E-state index in [0.717, 1.165) is 25.8 Å². The fourth-order valence-electron chi connectivity index (χ4n) is 3.77. The lowest BCUT2D eigenvalue weighted by molar-refractivity contribution is -0.157. The van der Waals surface area contributed by atoms with E-state index in [1.807, 2.05) is 24.3 Å². The average Bonchev–Trinajstić information content (AvgIpc) is 2.84. The molecule has 0 radical (unpaired) electrons. The number of nitrogens with zero attached hydrogens (tertiary/aromatic N) is 3. The van der Waals surface area contributed by atoms with Crippen LogP contribution in [0.15, 0.2) is 24.3 Å². The van der Waals surface area contributed by atoms with Gasteiger partial charge in [-0.05, 0) is 24.0 Å². The van der Waals surface area contributed by atoms with Crippen LogP contribution in [0.2, 0.25) is 0 Å². The lowest BCUT2D eigenvalue weighted by Crippen LogP contribution is -2.52. The van der Waals surface area contributed by atoms with Crippen LogP contribution in [-0.4, -0.2) is 78.1 Å².